The van der Waals surface area contributed by atoms with E-state index in [0.717, 1.165) is 59.0 Å². The third kappa shape index (κ3) is 9.98. The van der Waals surface area contributed by atoms with Crippen molar-refractivity contribution in [1.82, 2.24) is 10.6 Å². The normalized spacial score (nSPS) is 15.7. The number of carbonyl (C=O) groups excluding carboxylic acids is 4. The van der Waals surface area contributed by atoms with Crippen LogP contribution in [0.3, 0.4) is 0 Å². The minimum Gasteiger partial charge on any atom is -0.493 e. The number of benzene rings is 4. The standard InChI is InChI=1S/2C18H15NO3S/c2*20-17-16(23-18(21)19-17)12-14-6-8-15(9-7-14)22-11-10-13-4-2-1-3-5-13/h2*1-9,12H,10-11H2,(H,19,20,21). The summed E-state index contributed by atoms with van der Waals surface area (Å²) in [7, 11) is 0. The largest absolute Gasteiger partial charge is 0.493 e. The molecule has 0 atom stereocenters. The van der Waals surface area contributed by atoms with Crippen LogP contribution in [-0.2, 0) is 22.4 Å². The highest BCUT2D eigenvalue weighted by atomic mass is 32.2. The van der Waals surface area contributed by atoms with Gasteiger partial charge in [0.05, 0.1) is 23.0 Å². The number of ether oxygens (including phenoxy) is 2. The van der Waals surface area contributed by atoms with Gasteiger partial charge in [0.2, 0.25) is 0 Å². The fraction of sp³-hybridized carbons (Fsp3) is 0.111. The van der Waals surface area contributed by atoms with Crippen molar-refractivity contribution in [2.45, 2.75) is 12.8 Å². The number of thioether (sulfide) groups is 2. The van der Waals surface area contributed by atoms with Gasteiger partial charge in [-0.15, -0.1) is 0 Å². The van der Waals surface area contributed by atoms with E-state index in [9.17, 15) is 19.2 Å². The lowest BCUT2D eigenvalue weighted by Gasteiger charge is -2.06. The minimum atomic E-state index is -0.344. The second-order valence-corrected chi connectivity index (χ2v) is 12.0. The number of rotatable bonds is 10. The first kappa shape index (κ1) is 32.3. The minimum absolute atomic E-state index is 0.331. The lowest BCUT2D eigenvalue weighted by Crippen LogP contribution is -2.17. The number of imide groups is 2. The number of nitrogens with one attached hydrogen (secondary N) is 2. The van der Waals surface area contributed by atoms with Crippen LogP contribution >= 0.6 is 23.5 Å². The van der Waals surface area contributed by atoms with E-state index in [4.69, 9.17) is 9.47 Å². The van der Waals surface area contributed by atoms with Crippen LogP contribution in [0, 0.1) is 0 Å². The van der Waals surface area contributed by atoms with Gasteiger partial charge in [-0.3, -0.25) is 29.8 Å². The smallest absolute Gasteiger partial charge is 0.290 e. The fourth-order valence-electron chi connectivity index (χ4n) is 4.33. The Bertz CT molecular complexity index is 1610. The molecular formula is C36H30N2O6S2. The van der Waals surface area contributed by atoms with Gasteiger partial charge in [-0.05, 0) is 82.2 Å². The van der Waals surface area contributed by atoms with Gasteiger partial charge in [0.25, 0.3) is 22.3 Å². The van der Waals surface area contributed by atoms with E-state index in [1.807, 2.05) is 84.9 Å². The first-order chi connectivity index (χ1) is 22.4. The fourth-order valence-corrected chi connectivity index (χ4v) is 5.69. The number of amides is 4. The monoisotopic (exact) mass is 650 g/mol. The Morgan fingerprint density at radius 1 is 0.500 bits per heavy atom. The maximum Gasteiger partial charge on any atom is 0.290 e. The molecule has 4 amide bonds. The van der Waals surface area contributed by atoms with Crippen LogP contribution in [0.2, 0.25) is 0 Å². The summed E-state index contributed by atoms with van der Waals surface area (Å²) >= 11 is 1.83. The average Bonchev–Trinajstić information content (AvgIpc) is 3.56. The predicted octanol–water partition coefficient (Wildman–Crippen LogP) is 7.26. The number of carbonyl (C=O) groups is 4. The summed E-state index contributed by atoms with van der Waals surface area (Å²) in [4.78, 5) is 46.0. The summed E-state index contributed by atoms with van der Waals surface area (Å²) in [6, 6.07) is 35.2. The molecule has 6 rings (SSSR count). The summed E-state index contributed by atoms with van der Waals surface area (Å²) in [5.74, 6) is 0.872. The molecule has 10 heteroatoms. The van der Waals surface area contributed by atoms with Gasteiger partial charge in [0.1, 0.15) is 11.5 Å². The van der Waals surface area contributed by atoms with Crippen molar-refractivity contribution in [1.29, 1.82) is 0 Å². The molecule has 4 aromatic rings. The van der Waals surface area contributed by atoms with E-state index in [0.29, 0.717) is 23.0 Å². The van der Waals surface area contributed by atoms with Crippen molar-refractivity contribution >= 4 is 58.0 Å². The zero-order valence-electron chi connectivity index (χ0n) is 24.6. The van der Waals surface area contributed by atoms with Gasteiger partial charge in [0, 0.05) is 12.8 Å². The van der Waals surface area contributed by atoms with Crippen LogP contribution in [0.4, 0.5) is 9.59 Å². The second-order valence-electron chi connectivity index (χ2n) is 10.0. The Balaban J connectivity index is 0.000000181. The molecule has 46 heavy (non-hydrogen) atoms. The molecule has 0 aromatic heterocycles. The van der Waals surface area contributed by atoms with Crippen LogP contribution in [0.15, 0.2) is 119 Å². The van der Waals surface area contributed by atoms with Crippen molar-refractivity contribution in [2.75, 3.05) is 13.2 Å². The van der Waals surface area contributed by atoms with Gasteiger partial charge < -0.3 is 9.47 Å². The maximum absolute atomic E-state index is 11.5. The third-order valence-corrected chi connectivity index (χ3v) is 8.27. The Morgan fingerprint density at radius 3 is 1.20 bits per heavy atom. The van der Waals surface area contributed by atoms with E-state index in [1.165, 1.54) is 11.1 Å². The number of hydrogen-bond donors (Lipinski definition) is 2. The van der Waals surface area contributed by atoms with E-state index in [1.54, 1.807) is 12.2 Å². The molecule has 2 N–H and O–H groups in total. The van der Waals surface area contributed by atoms with Gasteiger partial charge in [-0.1, -0.05) is 84.9 Å². The molecule has 232 valence electrons. The van der Waals surface area contributed by atoms with Gasteiger partial charge in [0.15, 0.2) is 0 Å². The van der Waals surface area contributed by atoms with Crippen molar-refractivity contribution in [3.63, 3.8) is 0 Å². The van der Waals surface area contributed by atoms with E-state index in [-0.39, 0.29) is 22.3 Å². The molecule has 8 nitrogen and oxygen atoms in total. The Hall–Kier alpha value is -5.06. The molecule has 2 aliphatic heterocycles. The summed E-state index contributed by atoms with van der Waals surface area (Å²) in [6.45, 7) is 1.22. The molecule has 2 fully saturated rings. The van der Waals surface area contributed by atoms with Gasteiger partial charge in [-0.2, -0.15) is 0 Å². The summed E-state index contributed by atoms with van der Waals surface area (Å²) in [5, 5.41) is 3.81. The summed E-state index contributed by atoms with van der Waals surface area (Å²) < 4.78 is 11.4. The molecule has 0 saturated carbocycles. The first-order valence-corrected chi connectivity index (χ1v) is 16.1. The molecule has 0 radical (unpaired) electrons. The molecule has 2 heterocycles. The molecule has 2 aliphatic rings. The lowest BCUT2D eigenvalue weighted by atomic mass is 10.2. The first-order valence-electron chi connectivity index (χ1n) is 14.4. The molecular weight excluding hydrogens is 621 g/mol. The Labute approximate surface area is 275 Å². The van der Waals surface area contributed by atoms with Crippen molar-refractivity contribution in [3.8, 4) is 11.5 Å². The van der Waals surface area contributed by atoms with Crippen LogP contribution in [0.5, 0.6) is 11.5 Å². The van der Waals surface area contributed by atoms with Crippen molar-refractivity contribution < 1.29 is 28.7 Å². The van der Waals surface area contributed by atoms with Crippen LogP contribution in [0.1, 0.15) is 22.3 Å². The molecule has 0 spiro atoms. The second kappa shape index (κ2) is 16.3. The molecule has 4 aromatic carbocycles. The highest BCUT2D eigenvalue weighted by molar-refractivity contribution is 8.18. The molecule has 0 aliphatic carbocycles. The SMILES string of the molecule is O=C1NC(=O)C(=Cc2ccc(OCCc3ccccc3)cc2)S1.O=C1NC(=O)C(=Cc2ccc(OCCc3ccccc3)cc2)S1. The highest BCUT2D eigenvalue weighted by Gasteiger charge is 2.25. The van der Waals surface area contributed by atoms with Gasteiger partial charge >= 0.3 is 0 Å². The lowest BCUT2D eigenvalue weighted by molar-refractivity contribution is -0.116. The number of hydrogen-bond acceptors (Lipinski definition) is 8. The maximum atomic E-state index is 11.5. The quantitative estimate of drug-likeness (QED) is 0.173. The van der Waals surface area contributed by atoms with Crippen LogP contribution < -0.4 is 20.1 Å². The van der Waals surface area contributed by atoms with Crippen molar-refractivity contribution in [2.24, 2.45) is 0 Å². The topological polar surface area (TPSA) is 111 Å². The Kier molecular flexibility index (Phi) is 11.5. The molecule has 2 saturated heterocycles. The highest BCUT2D eigenvalue weighted by Crippen LogP contribution is 2.27. The predicted molar refractivity (Wildman–Crippen MR) is 182 cm³/mol. The third-order valence-electron chi connectivity index (χ3n) is 6.64. The van der Waals surface area contributed by atoms with Gasteiger partial charge in [-0.25, -0.2) is 0 Å². The van der Waals surface area contributed by atoms with Crippen LogP contribution in [-0.4, -0.2) is 35.5 Å². The van der Waals surface area contributed by atoms with E-state index in [2.05, 4.69) is 34.9 Å². The zero-order valence-corrected chi connectivity index (χ0v) is 26.3. The average molecular weight is 651 g/mol. The van der Waals surface area contributed by atoms with E-state index < -0.39 is 0 Å². The van der Waals surface area contributed by atoms with Crippen LogP contribution in [0.25, 0.3) is 12.2 Å². The van der Waals surface area contributed by atoms with E-state index >= 15 is 0 Å². The molecule has 0 bridgehead atoms. The summed E-state index contributed by atoms with van der Waals surface area (Å²) in [5.41, 5.74) is 4.19. The zero-order chi connectivity index (χ0) is 32.1. The van der Waals surface area contributed by atoms with Crippen molar-refractivity contribution in [3.05, 3.63) is 141 Å². The molecule has 0 unspecified atom stereocenters. The summed E-state index contributed by atoms with van der Waals surface area (Å²) in [6.07, 6.45) is 5.09. The Morgan fingerprint density at radius 2 is 0.870 bits per heavy atom.